The van der Waals surface area contributed by atoms with Crippen LogP contribution in [0.3, 0.4) is 0 Å². The van der Waals surface area contributed by atoms with Crippen LogP contribution in [0.5, 0.6) is 0 Å². The largest absolute Gasteiger partial charge is 0.379 e. The molecule has 0 aromatic heterocycles. The van der Waals surface area contributed by atoms with Crippen LogP contribution < -0.4 is 15.9 Å². The highest BCUT2D eigenvalue weighted by molar-refractivity contribution is 7.95. The van der Waals surface area contributed by atoms with Crippen molar-refractivity contribution in [3.05, 3.63) is 161 Å². The first kappa shape index (κ1) is 35.3. The second-order valence-corrected chi connectivity index (χ2v) is 17.4. The fraction of sp³-hybridized carbons (Fsp3) is 0.273. The summed E-state index contributed by atoms with van der Waals surface area (Å²) in [5.41, 5.74) is 2.26. The van der Waals surface area contributed by atoms with E-state index < -0.39 is 13.3 Å². The molecule has 51 heavy (non-hydrogen) atoms. The monoisotopic (exact) mass is 715 g/mol. The Kier molecular flexibility index (Phi) is 11.4. The lowest BCUT2D eigenvalue weighted by Gasteiger charge is -2.40. The van der Waals surface area contributed by atoms with Gasteiger partial charge in [-0.15, -0.1) is 0 Å². The predicted molar refractivity (Wildman–Crippen MR) is 210 cm³/mol. The lowest BCUT2D eigenvalue weighted by atomic mass is 9.91. The van der Waals surface area contributed by atoms with Gasteiger partial charge < -0.3 is 4.74 Å². The maximum absolute atomic E-state index is 15.3. The van der Waals surface area contributed by atoms with E-state index in [2.05, 4.69) is 102 Å². The molecule has 5 nitrogen and oxygen atoms in total. The van der Waals surface area contributed by atoms with Crippen molar-refractivity contribution in [1.82, 2.24) is 9.80 Å². The zero-order chi connectivity index (χ0) is 35.0. The first-order chi connectivity index (χ1) is 25.1. The summed E-state index contributed by atoms with van der Waals surface area (Å²) in [5, 5.41) is 4.27. The van der Waals surface area contributed by atoms with E-state index in [0.717, 1.165) is 43.2 Å². The molecule has 0 bridgehead atoms. The molecule has 0 N–H and O–H groups in total. The number of imide groups is 1. The van der Waals surface area contributed by atoms with Gasteiger partial charge in [0.2, 0.25) is 0 Å². The molecule has 7 rings (SSSR count). The molecule has 0 radical (unpaired) electrons. The number of nitrogens with zero attached hydrogens (tertiary/aromatic N) is 2. The molecule has 1 aliphatic carbocycles. The van der Waals surface area contributed by atoms with Gasteiger partial charge in [-0.25, -0.2) is 0 Å². The number of carbonyl (C=O) groups excluding carboxylic acids is 2. The Bertz CT molecular complexity index is 1810. The van der Waals surface area contributed by atoms with Crippen molar-refractivity contribution in [2.75, 3.05) is 26.3 Å². The summed E-state index contributed by atoms with van der Waals surface area (Å²) >= 11 is 6.83. The lowest BCUT2D eigenvalue weighted by Crippen LogP contribution is -2.52. The molecular formula is C44H45ClN2O3P+. The highest BCUT2D eigenvalue weighted by Gasteiger charge is 2.47. The number of benzene rings is 5. The summed E-state index contributed by atoms with van der Waals surface area (Å²) < 4.78 is 5.70. The second kappa shape index (κ2) is 16.5. The zero-order valence-corrected chi connectivity index (χ0v) is 30.6. The lowest BCUT2D eigenvalue weighted by molar-refractivity contribution is -0.139. The van der Waals surface area contributed by atoms with E-state index in [1.165, 1.54) is 15.9 Å². The van der Waals surface area contributed by atoms with Crippen LogP contribution in [0.25, 0.3) is 0 Å². The standard InChI is InChI=1S/C44H45ClN2O3P/c45-41-28-16-15-27-40(41)42(46-29-31-50-32-30-46)44(49)47(35-18-5-1-6-19-35)43(48)39-26-14-13-17-34(39)33-51(36-20-7-2-8-21-36,37-22-9-3-10-23-37)38-24-11-4-12-25-38/h2-4,7-17,20-28,35,42H,1,5-6,18-19,29-33H2/q+1. The van der Waals surface area contributed by atoms with Crippen molar-refractivity contribution in [3.8, 4) is 0 Å². The zero-order valence-electron chi connectivity index (χ0n) is 28.9. The van der Waals surface area contributed by atoms with Gasteiger partial charge in [0.05, 0.1) is 19.4 Å². The molecule has 0 spiro atoms. The Morgan fingerprint density at radius 3 is 1.76 bits per heavy atom. The van der Waals surface area contributed by atoms with Gasteiger partial charge in [0, 0.05) is 35.3 Å². The quantitative estimate of drug-likeness (QED) is 0.137. The van der Waals surface area contributed by atoms with Crippen LogP contribution in [0.2, 0.25) is 5.02 Å². The fourth-order valence-corrected chi connectivity index (χ4v) is 12.5. The van der Waals surface area contributed by atoms with Crippen molar-refractivity contribution in [3.63, 3.8) is 0 Å². The molecule has 1 unspecified atom stereocenters. The summed E-state index contributed by atoms with van der Waals surface area (Å²) in [5.74, 6) is -0.424. The summed E-state index contributed by atoms with van der Waals surface area (Å²) in [4.78, 5) is 34.4. The molecule has 1 atom stereocenters. The molecule has 2 amide bonds. The maximum atomic E-state index is 15.3. The Balaban J connectivity index is 1.36. The van der Waals surface area contributed by atoms with Crippen LogP contribution in [0.1, 0.15) is 59.6 Å². The van der Waals surface area contributed by atoms with Crippen LogP contribution >= 0.6 is 18.9 Å². The Morgan fingerprint density at radius 2 is 1.20 bits per heavy atom. The molecule has 2 fully saturated rings. The number of amides is 2. The van der Waals surface area contributed by atoms with Gasteiger partial charge in [0.1, 0.15) is 29.2 Å². The third-order valence-corrected chi connectivity index (χ3v) is 15.2. The molecule has 2 aliphatic rings. The highest BCUT2D eigenvalue weighted by atomic mass is 35.5. The first-order valence-corrected chi connectivity index (χ1v) is 20.5. The highest BCUT2D eigenvalue weighted by Crippen LogP contribution is 2.58. The van der Waals surface area contributed by atoms with E-state index in [9.17, 15) is 0 Å². The van der Waals surface area contributed by atoms with E-state index in [4.69, 9.17) is 16.3 Å². The van der Waals surface area contributed by atoms with E-state index in [1.54, 1.807) is 4.90 Å². The van der Waals surface area contributed by atoms with Crippen LogP contribution in [-0.4, -0.2) is 54.0 Å². The van der Waals surface area contributed by atoms with Gasteiger partial charge in [-0.05, 0) is 66.9 Å². The smallest absolute Gasteiger partial charge is 0.261 e. The van der Waals surface area contributed by atoms with Crippen molar-refractivity contribution >= 4 is 46.6 Å². The molecule has 5 aromatic rings. The minimum absolute atomic E-state index is 0.185. The van der Waals surface area contributed by atoms with Gasteiger partial charge in [-0.3, -0.25) is 19.4 Å². The molecule has 260 valence electrons. The van der Waals surface area contributed by atoms with Gasteiger partial charge in [0.15, 0.2) is 0 Å². The van der Waals surface area contributed by atoms with E-state index >= 15 is 9.59 Å². The minimum atomic E-state index is -2.32. The number of carbonyl (C=O) groups is 2. The van der Waals surface area contributed by atoms with Crippen molar-refractivity contribution in [2.45, 2.75) is 50.3 Å². The number of hydrogen-bond acceptors (Lipinski definition) is 4. The maximum Gasteiger partial charge on any atom is 0.261 e. The van der Waals surface area contributed by atoms with Gasteiger partial charge in [-0.1, -0.05) is 122 Å². The van der Waals surface area contributed by atoms with Crippen molar-refractivity contribution < 1.29 is 14.3 Å². The SMILES string of the molecule is O=C(c1ccccc1C[P+](c1ccccc1)(c1ccccc1)c1ccccc1)N(C(=O)C(c1ccccc1Cl)N1CCOCC1)C1CCCCC1. The third-order valence-electron chi connectivity index (χ3n) is 10.5. The second-order valence-electron chi connectivity index (χ2n) is 13.5. The molecular weight excluding hydrogens is 671 g/mol. The Hall–Kier alpha value is -4.12. The van der Waals surface area contributed by atoms with Crippen LogP contribution in [0, 0.1) is 0 Å². The average Bonchev–Trinajstić information content (AvgIpc) is 3.20. The van der Waals surface area contributed by atoms with Crippen LogP contribution in [0.15, 0.2) is 140 Å². The van der Waals surface area contributed by atoms with Crippen LogP contribution in [0.4, 0.5) is 0 Å². The third kappa shape index (κ3) is 7.45. The molecule has 1 heterocycles. The predicted octanol–water partition coefficient (Wildman–Crippen LogP) is 8.21. The molecule has 1 aliphatic heterocycles. The van der Waals surface area contributed by atoms with Crippen molar-refractivity contribution in [2.24, 2.45) is 0 Å². The summed E-state index contributed by atoms with van der Waals surface area (Å²) in [6.07, 6.45) is 5.32. The van der Waals surface area contributed by atoms with E-state index in [-0.39, 0.29) is 17.9 Å². The van der Waals surface area contributed by atoms with Crippen LogP contribution in [-0.2, 0) is 15.7 Å². The number of hydrogen-bond donors (Lipinski definition) is 0. The molecule has 5 aromatic carbocycles. The topological polar surface area (TPSA) is 49.9 Å². The Labute approximate surface area is 307 Å². The summed E-state index contributed by atoms with van der Waals surface area (Å²) in [6, 6.07) is 46.9. The van der Waals surface area contributed by atoms with E-state index in [1.807, 2.05) is 42.5 Å². The summed E-state index contributed by atoms with van der Waals surface area (Å²) in [6.45, 7) is 2.23. The molecule has 1 saturated heterocycles. The average molecular weight is 716 g/mol. The normalized spacial score (nSPS) is 16.3. The number of ether oxygens (including phenoxy) is 1. The van der Waals surface area contributed by atoms with Gasteiger partial charge in [-0.2, -0.15) is 0 Å². The van der Waals surface area contributed by atoms with Gasteiger partial charge in [0.25, 0.3) is 11.8 Å². The number of halogens is 1. The van der Waals surface area contributed by atoms with Gasteiger partial charge >= 0.3 is 0 Å². The summed E-state index contributed by atoms with van der Waals surface area (Å²) in [7, 11) is -2.32. The first-order valence-electron chi connectivity index (χ1n) is 18.1. The number of rotatable bonds is 10. The molecule has 7 heteroatoms. The van der Waals surface area contributed by atoms with Crippen molar-refractivity contribution in [1.29, 1.82) is 0 Å². The van der Waals surface area contributed by atoms with E-state index in [0.29, 0.717) is 43.1 Å². The number of morpholine rings is 1. The Morgan fingerprint density at radius 1 is 0.686 bits per heavy atom. The minimum Gasteiger partial charge on any atom is -0.379 e. The molecule has 1 saturated carbocycles. The fourth-order valence-electron chi connectivity index (χ4n) is 7.96.